The molecule has 0 spiro atoms. The van der Waals surface area contributed by atoms with E-state index in [0.717, 1.165) is 36.6 Å². The summed E-state index contributed by atoms with van der Waals surface area (Å²) in [7, 11) is 1.70. The molecule has 0 aromatic carbocycles. The van der Waals surface area contributed by atoms with Crippen molar-refractivity contribution in [3.05, 3.63) is 23.5 Å². The van der Waals surface area contributed by atoms with Crippen molar-refractivity contribution >= 4 is 0 Å². The Morgan fingerprint density at radius 1 is 1.26 bits per heavy atom. The van der Waals surface area contributed by atoms with E-state index < -0.39 is 0 Å². The van der Waals surface area contributed by atoms with Crippen molar-refractivity contribution in [2.45, 2.75) is 46.2 Å². The van der Waals surface area contributed by atoms with Crippen LogP contribution in [-0.4, -0.2) is 30.8 Å². The maximum absolute atomic E-state index is 5.83. The van der Waals surface area contributed by atoms with Gasteiger partial charge in [0, 0.05) is 55.7 Å². The molecule has 1 aromatic heterocycles. The van der Waals surface area contributed by atoms with E-state index in [4.69, 9.17) is 9.47 Å². The van der Waals surface area contributed by atoms with Crippen LogP contribution in [0.15, 0.2) is 12.3 Å². The molecule has 0 atom stereocenters. The Morgan fingerprint density at radius 2 is 2.00 bits per heavy atom. The van der Waals surface area contributed by atoms with Gasteiger partial charge in [0.05, 0.1) is 6.61 Å². The van der Waals surface area contributed by atoms with Crippen molar-refractivity contribution in [3.8, 4) is 5.75 Å². The van der Waals surface area contributed by atoms with Gasteiger partial charge in [0.1, 0.15) is 5.75 Å². The van der Waals surface area contributed by atoms with Gasteiger partial charge < -0.3 is 14.8 Å². The molecular formula is C15H26N2O2. The summed E-state index contributed by atoms with van der Waals surface area (Å²) < 4.78 is 10.8. The SMILES string of the molecule is COCCCOc1cc(C)ncc1CNC(C)(C)C. The third-order valence-corrected chi connectivity index (χ3v) is 2.64. The predicted molar refractivity (Wildman–Crippen MR) is 77.6 cm³/mol. The molecule has 1 N–H and O–H groups in total. The maximum Gasteiger partial charge on any atom is 0.127 e. The van der Waals surface area contributed by atoms with Crippen LogP contribution in [-0.2, 0) is 11.3 Å². The molecular weight excluding hydrogens is 240 g/mol. The van der Waals surface area contributed by atoms with Crippen LogP contribution in [0.25, 0.3) is 0 Å². The molecule has 4 nitrogen and oxygen atoms in total. The van der Waals surface area contributed by atoms with Gasteiger partial charge >= 0.3 is 0 Å². The van der Waals surface area contributed by atoms with Gasteiger partial charge in [0.15, 0.2) is 0 Å². The van der Waals surface area contributed by atoms with Gasteiger partial charge in [0.25, 0.3) is 0 Å². The lowest BCUT2D eigenvalue weighted by molar-refractivity contribution is 0.171. The van der Waals surface area contributed by atoms with Crippen molar-refractivity contribution in [2.75, 3.05) is 20.3 Å². The van der Waals surface area contributed by atoms with Gasteiger partial charge in [-0.15, -0.1) is 0 Å². The number of aromatic nitrogens is 1. The van der Waals surface area contributed by atoms with E-state index in [2.05, 4.69) is 31.1 Å². The summed E-state index contributed by atoms with van der Waals surface area (Å²) in [6, 6.07) is 1.99. The van der Waals surface area contributed by atoms with E-state index in [1.54, 1.807) is 7.11 Å². The van der Waals surface area contributed by atoms with Gasteiger partial charge in [-0.2, -0.15) is 0 Å². The fourth-order valence-electron chi connectivity index (χ4n) is 1.58. The van der Waals surface area contributed by atoms with Gasteiger partial charge in [0.2, 0.25) is 0 Å². The smallest absolute Gasteiger partial charge is 0.127 e. The summed E-state index contributed by atoms with van der Waals surface area (Å²) in [6.07, 6.45) is 2.78. The molecule has 0 aliphatic heterocycles. The molecule has 1 heterocycles. The van der Waals surface area contributed by atoms with Crippen molar-refractivity contribution in [2.24, 2.45) is 0 Å². The molecule has 0 saturated carbocycles. The first-order valence-corrected chi connectivity index (χ1v) is 6.74. The number of pyridine rings is 1. The third kappa shape index (κ3) is 6.55. The van der Waals surface area contributed by atoms with Crippen LogP contribution in [0.4, 0.5) is 0 Å². The lowest BCUT2D eigenvalue weighted by Crippen LogP contribution is -2.35. The molecule has 1 aromatic rings. The Bertz CT molecular complexity index is 386. The topological polar surface area (TPSA) is 43.4 Å². The highest BCUT2D eigenvalue weighted by atomic mass is 16.5. The minimum absolute atomic E-state index is 0.0816. The first-order valence-electron chi connectivity index (χ1n) is 6.74. The van der Waals surface area contributed by atoms with E-state index in [0.29, 0.717) is 6.61 Å². The molecule has 0 saturated heterocycles. The maximum atomic E-state index is 5.83. The summed E-state index contributed by atoms with van der Waals surface area (Å²) in [5.74, 6) is 0.917. The van der Waals surface area contributed by atoms with Crippen molar-refractivity contribution in [1.29, 1.82) is 0 Å². The average Bonchev–Trinajstić information content (AvgIpc) is 2.32. The van der Waals surface area contributed by atoms with E-state index in [9.17, 15) is 0 Å². The summed E-state index contributed by atoms with van der Waals surface area (Å²) in [5.41, 5.74) is 2.15. The van der Waals surface area contributed by atoms with Crippen molar-refractivity contribution < 1.29 is 9.47 Å². The van der Waals surface area contributed by atoms with Crippen LogP contribution in [0, 0.1) is 6.92 Å². The summed E-state index contributed by atoms with van der Waals surface area (Å²) in [4.78, 5) is 4.34. The van der Waals surface area contributed by atoms with Gasteiger partial charge in [-0.05, 0) is 27.7 Å². The van der Waals surface area contributed by atoms with Crippen LogP contribution in [0.5, 0.6) is 5.75 Å². The van der Waals surface area contributed by atoms with Gasteiger partial charge in [-0.3, -0.25) is 4.98 Å². The van der Waals surface area contributed by atoms with Gasteiger partial charge in [-0.25, -0.2) is 0 Å². The summed E-state index contributed by atoms with van der Waals surface area (Å²) in [6.45, 7) is 10.6. The number of aryl methyl sites for hydroxylation is 1. The zero-order valence-electron chi connectivity index (χ0n) is 12.7. The Morgan fingerprint density at radius 3 is 2.63 bits per heavy atom. The van der Waals surface area contributed by atoms with Crippen LogP contribution in [0.2, 0.25) is 0 Å². The third-order valence-electron chi connectivity index (χ3n) is 2.64. The monoisotopic (exact) mass is 266 g/mol. The molecule has 0 fully saturated rings. The quantitative estimate of drug-likeness (QED) is 0.771. The highest BCUT2D eigenvalue weighted by molar-refractivity contribution is 5.32. The first kappa shape index (κ1) is 15.9. The average molecular weight is 266 g/mol. The standard InChI is InChI=1S/C15H26N2O2/c1-12-9-14(19-8-6-7-18-5)13(10-16-12)11-17-15(2,3)4/h9-10,17H,6-8,11H2,1-5H3. The minimum atomic E-state index is 0.0816. The number of methoxy groups -OCH3 is 1. The normalized spacial score (nSPS) is 11.6. The lowest BCUT2D eigenvalue weighted by Gasteiger charge is -2.21. The zero-order chi connectivity index (χ0) is 14.3. The Hall–Kier alpha value is -1.13. The highest BCUT2D eigenvalue weighted by Gasteiger charge is 2.11. The number of hydrogen-bond acceptors (Lipinski definition) is 4. The Balaban J connectivity index is 2.63. The van der Waals surface area contributed by atoms with E-state index in [1.165, 1.54) is 0 Å². The second kappa shape index (κ2) is 7.46. The van der Waals surface area contributed by atoms with Crippen molar-refractivity contribution in [1.82, 2.24) is 10.3 Å². The van der Waals surface area contributed by atoms with Crippen LogP contribution in [0.3, 0.4) is 0 Å². The van der Waals surface area contributed by atoms with E-state index >= 15 is 0 Å². The fourth-order valence-corrected chi connectivity index (χ4v) is 1.58. The minimum Gasteiger partial charge on any atom is -0.493 e. The molecule has 0 aliphatic rings. The summed E-state index contributed by atoms with van der Waals surface area (Å²) >= 11 is 0. The number of nitrogens with one attached hydrogen (secondary N) is 1. The van der Waals surface area contributed by atoms with E-state index in [-0.39, 0.29) is 5.54 Å². The zero-order valence-corrected chi connectivity index (χ0v) is 12.7. The second-order valence-electron chi connectivity index (χ2n) is 5.73. The number of rotatable bonds is 7. The Kier molecular flexibility index (Phi) is 6.25. The molecule has 4 heteroatoms. The Labute approximate surface area is 116 Å². The highest BCUT2D eigenvalue weighted by Crippen LogP contribution is 2.19. The molecule has 108 valence electrons. The van der Waals surface area contributed by atoms with Crippen LogP contribution in [0.1, 0.15) is 38.4 Å². The molecule has 1 rings (SSSR count). The largest absolute Gasteiger partial charge is 0.493 e. The predicted octanol–water partition coefficient (Wildman–Crippen LogP) is 2.69. The second-order valence-corrected chi connectivity index (χ2v) is 5.73. The van der Waals surface area contributed by atoms with Crippen LogP contribution >= 0.6 is 0 Å². The first-order chi connectivity index (χ1) is 8.92. The van der Waals surface area contributed by atoms with Crippen LogP contribution < -0.4 is 10.1 Å². The summed E-state index contributed by atoms with van der Waals surface area (Å²) in [5, 5.41) is 3.45. The van der Waals surface area contributed by atoms with Crippen molar-refractivity contribution in [3.63, 3.8) is 0 Å². The lowest BCUT2D eigenvalue weighted by atomic mass is 10.1. The van der Waals surface area contributed by atoms with Gasteiger partial charge in [-0.1, -0.05) is 0 Å². The number of hydrogen-bond donors (Lipinski definition) is 1. The molecule has 19 heavy (non-hydrogen) atoms. The number of ether oxygens (including phenoxy) is 2. The molecule has 0 bridgehead atoms. The molecule has 0 amide bonds. The van der Waals surface area contributed by atoms with E-state index in [1.807, 2.05) is 19.2 Å². The molecule has 0 aliphatic carbocycles. The number of nitrogens with zero attached hydrogens (tertiary/aromatic N) is 1. The fraction of sp³-hybridized carbons (Fsp3) is 0.667. The molecule has 0 radical (unpaired) electrons. The molecule has 0 unspecified atom stereocenters.